The lowest BCUT2D eigenvalue weighted by atomic mass is 10.3. The Morgan fingerprint density at radius 3 is 2.39 bits per heavy atom. The highest BCUT2D eigenvalue weighted by Crippen LogP contribution is 2.21. The number of sulfonamides is 2. The highest BCUT2D eigenvalue weighted by atomic mass is 35.5. The van der Waals surface area contributed by atoms with Gasteiger partial charge in [-0.3, -0.25) is 0 Å². The second-order valence-corrected chi connectivity index (χ2v) is 9.92. The van der Waals surface area contributed by atoms with Crippen molar-refractivity contribution in [2.24, 2.45) is 5.73 Å². The maximum atomic E-state index is 12.0. The Bertz CT molecular complexity index is 659. The zero-order valence-corrected chi connectivity index (χ0v) is 16.2. The maximum absolute atomic E-state index is 12.0. The second-order valence-electron chi connectivity index (χ2n) is 4.66. The third kappa shape index (κ3) is 8.43. The molecule has 23 heavy (non-hydrogen) atoms. The van der Waals surface area contributed by atoms with Crippen LogP contribution in [0, 0.1) is 0 Å². The summed E-state index contributed by atoms with van der Waals surface area (Å²) in [7, 11) is -6.70. The van der Waals surface area contributed by atoms with Crippen molar-refractivity contribution in [2.45, 2.75) is 30.4 Å². The molecule has 1 aromatic heterocycles. The van der Waals surface area contributed by atoms with Gasteiger partial charge in [0.05, 0.1) is 5.75 Å². The van der Waals surface area contributed by atoms with E-state index in [4.69, 9.17) is 5.73 Å². The third-order valence-corrected chi connectivity index (χ3v) is 7.40. The van der Waals surface area contributed by atoms with E-state index in [9.17, 15) is 16.8 Å². The molecule has 0 aromatic carbocycles. The lowest BCUT2D eigenvalue weighted by Gasteiger charge is -2.04. The van der Waals surface area contributed by atoms with Crippen molar-refractivity contribution in [2.75, 3.05) is 25.4 Å². The first-order chi connectivity index (χ1) is 10.3. The summed E-state index contributed by atoms with van der Waals surface area (Å²) >= 11 is 1.15. The summed E-state index contributed by atoms with van der Waals surface area (Å²) in [5.74, 6) is 0.0315. The number of thiophene rings is 1. The van der Waals surface area contributed by atoms with Crippen molar-refractivity contribution in [1.29, 1.82) is 0 Å². The summed E-state index contributed by atoms with van der Waals surface area (Å²) in [5.41, 5.74) is 5.36. The van der Waals surface area contributed by atoms with Crippen molar-refractivity contribution < 1.29 is 16.8 Å². The summed E-state index contributed by atoms with van der Waals surface area (Å²) in [4.78, 5) is 0.820. The normalized spacial score (nSPS) is 12.1. The van der Waals surface area contributed by atoms with Gasteiger partial charge < -0.3 is 5.73 Å². The molecule has 0 saturated heterocycles. The molecular weight excluding hydrogens is 382 g/mol. The molecule has 1 aromatic rings. The fourth-order valence-electron chi connectivity index (χ4n) is 1.62. The molecule has 0 saturated carbocycles. The van der Waals surface area contributed by atoms with E-state index >= 15 is 0 Å². The summed E-state index contributed by atoms with van der Waals surface area (Å²) in [6.07, 6.45) is 1.94. The van der Waals surface area contributed by atoms with Crippen LogP contribution >= 0.6 is 23.7 Å². The molecule has 11 heteroatoms. The summed E-state index contributed by atoms with van der Waals surface area (Å²) in [6.45, 7) is 2.73. The summed E-state index contributed by atoms with van der Waals surface area (Å²) in [5, 5.41) is 0. The minimum atomic E-state index is -3.49. The lowest BCUT2D eigenvalue weighted by Crippen LogP contribution is -2.27. The topological polar surface area (TPSA) is 118 Å². The number of nitrogens with two attached hydrogens (primary N) is 1. The second kappa shape index (κ2) is 10.6. The van der Waals surface area contributed by atoms with Crippen LogP contribution in [0.25, 0.3) is 0 Å². The van der Waals surface area contributed by atoms with Crippen molar-refractivity contribution in [3.05, 3.63) is 17.0 Å². The van der Waals surface area contributed by atoms with Crippen molar-refractivity contribution in [3.8, 4) is 0 Å². The Morgan fingerprint density at radius 2 is 1.78 bits per heavy atom. The Morgan fingerprint density at radius 1 is 1.09 bits per heavy atom. The SMILES string of the molecule is CCS(=O)(=O)NCCc1ccc(S(=O)(=O)NCCCCN)s1.Cl. The molecule has 0 unspecified atom stereocenters. The van der Waals surface area contributed by atoms with Gasteiger partial charge in [-0.05, 0) is 44.9 Å². The molecule has 0 aliphatic carbocycles. The largest absolute Gasteiger partial charge is 0.330 e. The molecule has 0 radical (unpaired) electrons. The number of halogens is 1. The van der Waals surface area contributed by atoms with Gasteiger partial charge in [-0.2, -0.15) is 0 Å². The average molecular weight is 406 g/mol. The van der Waals surface area contributed by atoms with Crippen LogP contribution in [0.2, 0.25) is 0 Å². The predicted octanol–water partition coefficient (Wildman–Crippen LogP) is 0.669. The fourth-order valence-corrected chi connectivity index (χ4v) is 4.71. The Labute approximate surface area is 148 Å². The van der Waals surface area contributed by atoms with Gasteiger partial charge in [0.25, 0.3) is 0 Å². The molecule has 0 bridgehead atoms. The van der Waals surface area contributed by atoms with Crippen molar-refractivity contribution in [3.63, 3.8) is 0 Å². The standard InChI is InChI=1S/C12H23N3O4S3.ClH/c1-2-21(16,17)14-10-7-11-5-6-12(20-11)22(18,19)15-9-4-3-8-13;/h5-6,14-15H,2-4,7-10,13H2,1H3;1H. The quantitative estimate of drug-likeness (QED) is 0.467. The summed E-state index contributed by atoms with van der Waals surface area (Å²) in [6, 6.07) is 3.25. The van der Waals surface area contributed by atoms with E-state index in [1.54, 1.807) is 19.1 Å². The maximum Gasteiger partial charge on any atom is 0.250 e. The molecule has 0 spiro atoms. The Balaban J connectivity index is 0.00000484. The van der Waals surface area contributed by atoms with Crippen LogP contribution in [0.5, 0.6) is 0 Å². The molecule has 136 valence electrons. The van der Waals surface area contributed by atoms with E-state index in [1.165, 1.54) is 0 Å². The highest BCUT2D eigenvalue weighted by molar-refractivity contribution is 7.91. The zero-order chi connectivity index (χ0) is 16.6. The molecule has 4 N–H and O–H groups in total. The van der Waals surface area contributed by atoms with Gasteiger partial charge in [0.15, 0.2) is 0 Å². The smallest absolute Gasteiger partial charge is 0.250 e. The predicted molar refractivity (Wildman–Crippen MR) is 96.2 cm³/mol. The minimum Gasteiger partial charge on any atom is -0.330 e. The summed E-state index contributed by atoms with van der Waals surface area (Å²) < 4.78 is 51.9. The van der Waals surface area contributed by atoms with Gasteiger partial charge in [0.2, 0.25) is 20.0 Å². The van der Waals surface area contributed by atoms with Crippen LogP contribution in [0.3, 0.4) is 0 Å². The van der Waals surface area contributed by atoms with E-state index in [-0.39, 0.29) is 28.9 Å². The number of nitrogens with one attached hydrogen (secondary N) is 2. The fraction of sp³-hybridized carbons (Fsp3) is 0.667. The van der Waals surface area contributed by atoms with Crippen LogP contribution in [0.1, 0.15) is 24.6 Å². The number of unbranched alkanes of at least 4 members (excludes halogenated alkanes) is 1. The van der Waals surface area contributed by atoms with Crippen LogP contribution in [0.15, 0.2) is 16.3 Å². The first kappa shape index (κ1) is 22.8. The minimum absolute atomic E-state index is 0. The van der Waals surface area contributed by atoms with Crippen LogP contribution < -0.4 is 15.2 Å². The van der Waals surface area contributed by atoms with Crippen molar-refractivity contribution in [1.82, 2.24) is 9.44 Å². The molecule has 1 rings (SSSR count). The van der Waals surface area contributed by atoms with Gasteiger partial charge in [-0.15, -0.1) is 23.7 Å². The molecule has 0 aliphatic heterocycles. The molecule has 0 aliphatic rings. The molecule has 7 nitrogen and oxygen atoms in total. The van der Waals surface area contributed by atoms with Gasteiger partial charge >= 0.3 is 0 Å². The molecule has 0 amide bonds. The first-order valence-corrected chi connectivity index (χ1v) is 11.0. The van der Waals surface area contributed by atoms with Crippen LogP contribution in [-0.2, 0) is 26.5 Å². The monoisotopic (exact) mass is 405 g/mol. The number of rotatable bonds is 11. The van der Waals surface area contributed by atoms with E-state index in [0.29, 0.717) is 25.9 Å². The van der Waals surface area contributed by atoms with Gasteiger partial charge in [0, 0.05) is 18.0 Å². The van der Waals surface area contributed by atoms with Gasteiger partial charge in [-0.25, -0.2) is 26.3 Å². The van der Waals surface area contributed by atoms with Gasteiger partial charge in [0.1, 0.15) is 4.21 Å². The van der Waals surface area contributed by atoms with Gasteiger partial charge in [-0.1, -0.05) is 0 Å². The third-order valence-electron chi connectivity index (χ3n) is 2.90. The van der Waals surface area contributed by atoms with Crippen LogP contribution in [-0.4, -0.2) is 42.2 Å². The van der Waals surface area contributed by atoms with Crippen molar-refractivity contribution >= 4 is 43.8 Å². The molecule has 0 atom stereocenters. The average Bonchev–Trinajstić information content (AvgIpc) is 2.93. The molecule has 1 heterocycles. The number of hydrogen-bond donors (Lipinski definition) is 3. The number of hydrogen-bond acceptors (Lipinski definition) is 6. The van der Waals surface area contributed by atoms with Crippen LogP contribution in [0.4, 0.5) is 0 Å². The zero-order valence-electron chi connectivity index (χ0n) is 12.9. The van der Waals surface area contributed by atoms with E-state index < -0.39 is 20.0 Å². The van der Waals surface area contributed by atoms with E-state index in [0.717, 1.165) is 22.6 Å². The van der Waals surface area contributed by atoms with E-state index in [1.807, 2.05) is 0 Å². The lowest BCUT2D eigenvalue weighted by molar-refractivity contribution is 0.578. The first-order valence-electron chi connectivity index (χ1n) is 7.06. The Kier molecular flexibility index (Phi) is 10.5. The van der Waals surface area contributed by atoms with E-state index in [2.05, 4.69) is 9.44 Å². The Hall–Kier alpha value is -0.230. The molecule has 0 fully saturated rings. The molecular formula is C12H24ClN3O4S3. The highest BCUT2D eigenvalue weighted by Gasteiger charge is 2.16.